The van der Waals surface area contributed by atoms with E-state index < -0.39 is 11.5 Å². The largest absolute Gasteiger partial charge is 0.480 e. The normalized spacial score (nSPS) is 26.2. The molecule has 1 atom stereocenters. The van der Waals surface area contributed by atoms with Crippen molar-refractivity contribution in [3.63, 3.8) is 0 Å². The fourth-order valence-electron chi connectivity index (χ4n) is 2.95. The Morgan fingerprint density at radius 3 is 2.39 bits per heavy atom. The van der Waals surface area contributed by atoms with Gasteiger partial charge in [-0.3, -0.25) is 4.79 Å². The molecule has 0 radical (unpaired) electrons. The third kappa shape index (κ3) is 2.84. The van der Waals surface area contributed by atoms with Crippen LogP contribution in [0.15, 0.2) is 0 Å². The predicted octanol–water partition coefficient (Wildman–Crippen LogP) is 0.205. The van der Waals surface area contributed by atoms with Crippen molar-refractivity contribution in [2.75, 3.05) is 33.7 Å². The average Bonchev–Trinajstić information content (AvgIpc) is 3.13. The summed E-state index contributed by atoms with van der Waals surface area (Å²) in [6, 6.07) is 0.474. The van der Waals surface area contributed by atoms with Crippen molar-refractivity contribution < 1.29 is 9.90 Å². The summed E-state index contributed by atoms with van der Waals surface area (Å²) >= 11 is 0. The summed E-state index contributed by atoms with van der Waals surface area (Å²) in [4.78, 5) is 15.9. The maximum absolute atomic E-state index is 11.4. The number of aliphatic carboxylic acids is 1. The molecule has 104 valence electrons. The molecule has 1 saturated carbocycles. The topological polar surface area (TPSA) is 69.8 Å². The Morgan fingerprint density at radius 1 is 1.39 bits per heavy atom. The number of carbonyl (C=O) groups is 1. The van der Waals surface area contributed by atoms with Crippen LogP contribution < -0.4 is 5.73 Å². The summed E-state index contributed by atoms with van der Waals surface area (Å²) in [6.07, 6.45) is 4.13. The molecule has 0 bridgehead atoms. The number of carboxylic acids is 1. The van der Waals surface area contributed by atoms with Gasteiger partial charge < -0.3 is 20.6 Å². The quantitative estimate of drug-likeness (QED) is 0.734. The Labute approximate surface area is 109 Å². The second-order valence-electron chi connectivity index (χ2n) is 6.07. The molecule has 2 fully saturated rings. The lowest BCUT2D eigenvalue weighted by atomic mass is 9.92. The standard InChI is InChI=1S/C13H25N3O2/c1-15-7-5-11(6-8-15)16(2)9-13(14,12(17)18)10-3-4-10/h10-11H,3-9,14H2,1-2H3,(H,17,18). The summed E-state index contributed by atoms with van der Waals surface area (Å²) in [5.74, 6) is -0.673. The summed E-state index contributed by atoms with van der Waals surface area (Å²) < 4.78 is 0. The molecule has 0 aromatic heterocycles. The van der Waals surface area contributed by atoms with Crippen LogP contribution in [0.2, 0.25) is 0 Å². The van der Waals surface area contributed by atoms with E-state index in [9.17, 15) is 9.90 Å². The molecule has 2 aliphatic rings. The lowest BCUT2D eigenvalue weighted by Crippen LogP contribution is -2.59. The van der Waals surface area contributed by atoms with E-state index in [1.807, 2.05) is 7.05 Å². The second-order valence-corrected chi connectivity index (χ2v) is 6.07. The van der Waals surface area contributed by atoms with Gasteiger partial charge in [0.1, 0.15) is 5.54 Å². The Morgan fingerprint density at radius 2 is 1.94 bits per heavy atom. The average molecular weight is 255 g/mol. The van der Waals surface area contributed by atoms with Crippen LogP contribution in [0.4, 0.5) is 0 Å². The summed E-state index contributed by atoms with van der Waals surface area (Å²) in [5.41, 5.74) is 5.09. The van der Waals surface area contributed by atoms with Gasteiger partial charge in [-0.15, -0.1) is 0 Å². The molecule has 0 aromatic carbocycles. The minimum atomic E-state index is -1.04. The highest BCUT2D eigenvalue weighted by molar-refractivity contribution is 5.79. The highest BCUT2D eigenvalue weighted by Gasteiger charge is 2.49. The molecule has 0 amide bonds. The minimum absolute atomic E-state index is 0.170. The molecular formula is C13H25N3O2. The minimum Gasteiger partial charge on any atom is -0.480 e. The first-order valence-corrected chi connectivity index (χ1v) is 6.84. The van der Waals surface area contributed by atoms with Crippen LogP contribution in [0.1, 0.15) is 25.7 Å². The van der Waals surface area contributed by atoms with Crippen molar-refractivity contribution in [2.45, 2.75) is 37.3 Å². The van der Waals surface area contributed by atoms with Crippen LogP contribution in [-0.2, 0) is 4.79 Å². The Kier molecular flexibility index (Phi) is 3.94. The van der Waals surface area contributed by atoms with Gasteiger partial charge in [0.15, 0.2) is 0 Å². The molecule has 5 nitrogen and oxygen atoms in total. The molecule has 1 unspecified atom stereocenters. The first kappa shape index (κ1) is 13.8. The van der Waals surface area contributed by atoms with Crippen LogP contribution in [0, 0.1) is 5.92 Å². The number of nitrogens with two attached hydrogens (primary N) is 1. The molecule has 1 saturated heterocycles. The predicted molar refractivity (Wildman–Crippen MR) is 70.4 cm³/mol. The summed E-state index contributed by atoms with van der Waals surface area (Å²) in [6.45, 7) is 2.65. The van der Waals surface area contributed by atoms with E-state index in [2.05, 4.69) is 16.8 Å². The monoisotopic (exact) mass is 255 g/mol. The number of carboxylic acid groups (broad SMARTS) is 1. The summed E-state index contributed by atoms with van der Waals surface area (Å²) in [7, 11) is 4.15. The van der Waals surface area contributed by atoms with E-state index in [0.29, 0.717) is 12.6 Å². The molecular weight excluding hydrogens is 230 g/mol. The first-order valence-electron chi connectivity index (χ1n) is 6.84. The second kappa shape index (κ2) is 5.15. The number of nitrogens with zero attached hydrogens (tertiary/aromatic N) is 2. The van der Waals surface area contributed by atoms with E-state index in [1.54, 1.807) is 0 Å². The number of rotatable bonds is 5. The van der Waals surface area contributed by atoms with Crippen molar-refractivity contribution in [3.05, 3.63) is 0 Å². The lowest BCUT2D eigenvalue weighted by molar-refractivity contribution is -0.145. The van der Waals surface area contributed by atoms with Crippen LogP contribution in [0.3, 0.4) is 0 Å². The summed E-state index contributed by atoms with van der Waals surface area (Å²) in [5, 5.41) is 9.37. The molecule has 3 N–H and O–H groups in total. The van der Waals surface area contributed by atoms with Crippen molar-refractivity contribution >= 4 is 5.97 Å². The van der Waals surface area contributed by atoms with Crippen molar-refractivity contribution in [2.24, 2.45) is 11.7 Å². The van der Waals surface area contributed by atoms with Crippen molar-refractivity contribution in [1.82, 2.24) is 9.80 Å². The van der Waals surface area contributed by atoms with Gasteiger partial charge in [0.2, 0.25) is 0 Å². The number of hydrogen-bond donors (Lipinski definition) is 2. The highest BCUT2D eigenvalue weighted by atomic mass is 16.4. The molecule has 0 spiro atoms. The number of hydrogen-bond acceptors (Lipinski definition) is 4. The fourth-order valence-corrected chi connectivity index (χ4v) is 2.95. The zero-order valence-corrected chi connectivity index (χ0v) is 11.4. The number of piperidine rings is 1. The van der Waals surface area contributed by atoms with Crippen LogP contribution in [-0.4, -0.2) is 66.2 Å². The van der Waals surface area contributed by atoms with Crippen LogP contribution in [0.25, 0.3) is 0 Å². The van der Waals surface area contributed by atoms with Gasteiger partial charge in [-0.05, 0) is 58.8 Å². The SMILES string of the molecule is CN1CCC(N(C)CC(N)(C(=O)O)C2CC2)CC1. The Balaban J connectivity index is 1.92. The maximum Gasteiger partial charge on any atom is 0.325 e. The molecule has 1 aliphatic heterocycles. The van der Waals surface area contributed by atoms with E-state index >= 15 is 0 Å². The van der Waals surface area contributed by atoms with Crippen molar-refractivity contribution in [3.8, 4) is 0 Å². The Hall–Kier alpha value is -0.650. The van der Waals surface area contributed by atoms with Gasteiger partial charge >= 0.3 is 5.97 Å². The van der Waals surface area contributed by atoms with Crippen molar-refractivity contribution in [1.29, 1.82) is 0 Å². The first-order chi connectivity index (χ1) is 8.43. The van der Waals surface area contributed by atoms with Gasteiger partial charge in [0.25, 0.3) is 0 Å². The number of likely N-dealkylation sites (tertiary alicyclic amines) is 1. The fraction of sp³-hybridized carbons (Fsp3) is 0.923. The van der Waals surface area contributed by atoms with E-state index in [4.69, 9.17) is 5.73 Å². The molecule has 1 heterocycles. The van der Waals surface area contributed by atoms with Gasteiger partial charge in [0, 0.05) is 12.6 Å². The van der Waals surface area contributed by atoms with Gasteiger partial charge in [-0.25, -0.2) is 0 Å². The molecule has 1 aliphatic carbocycles. The van der Waals surface area contributed by atoms with E-state index in [0.717, 1.165) is 38.8 Å². The zero-order chi connectivity index (χ0) is 13.3. The van der Waals surface area contributed by atoms with Gasteiger partial charge in [0.05, 0.1) is 0 Å². The highest BCUT2D eigenvalue weighted by Crippen LogP contribution is 2.39. The number of likely N-dealkylation sites (N-methyl/N-ethyl adjacent to an activating group) is 1. The van der Waals surface area contributed by atoms with Crippen LogP contribution in [0.5, 0.6) is 0 Å². The van der Waals surface area contributed by atoms with Gasteiger partial charge in [-0.2, -0.15) is 0 Å². The molecule has 2 rings (SSSR count). The van der Waals surface area contributed by atoms with Crippen LogP contribution >= 0.6 is 0 Å². The van der Waals surface area contributed by atoms with Gasteiger partial charge in [-0.1, -0.05) is 0 Å². The smallest absolute Gasteiger partial charge is 0.325 e. The third-order valence-electron chi connectivity index (χ3n) is 4.53. The lowest BCUT2D eigenvalue weighted by Gasteiger charge is -2.38. The maximum atomic E-state index is 11.4. The Bertz CT molecular complexity index is 311. The molecule has 5 heteroatoms. The molecule has 18 heavy (non-hydrogen) atoms. The molecule has 0 aromatic rings. The van der Waals surface area contributed by atoms with E-state index in [1.165, 1.54) is 0 Å². The zero-order valence-electron chi connectivity index (χ0n) is 11.4. The third-order valence-corrected chi connectivity index (χ3v) is 4.53. The van der Waals surface area contributed by atoms with E-state index in [-0.39, 0.29) is 5.92 Å².